The molecule has 8 heteroatoms. The van der Waals surface area contributed by atoms with Crippen molar-refractivity contribution in [2.75, 3.05) is 43.1 Å². The van der Waals surface area contributed by atoms with Gasteiger partial charge in [0.2, 0.25) is 0 Å². The van der Waals surface area contributed by atoms with E-state index in [0.29, 0.717) is 6.04 Å². The van der Waals surface area contributed by atoms with Crippen molar-refractivity contribution in [3.63, 3.8) is 0 Å². The summed E-state index contributed by atoms with van der Waals surface area (Å²) in [6.07, 6.45) is 6.52. The van der Waals surface area contributed by atoms with Crippen LogP contribution in [0.15, 0.2) is 54.9 Å². The lowest BCUT2D eigenvalue weighted by Crippen LogP contribution is -2.47. The zero-order chi connectivity index (χ0) is 23.8. The monoisotopic (exact) mass is 488 g/mol. The van der Waals surface area contributed by atoms with Crippen molar-refractivity contribution < 1.29 is 4.74 Å². The van der Waals surface area contributed by atoms with E-state index in [-0.39, 0.29) is 0 Å². The van der Waals surface area contributed by atoms with E-state index >= 15 is 0 Å². The highest BCUT2D eigenvalue weighted by atomic mass is 35.5. The molecule has 1 aliphatic heterocycles. The van der Waals surface area contributed by atoms with Crippen LogP contribution >= 0.6 is 11.6 Å². The SMILES string of the molecule is COc1ccc(-c2nc3c(N4CCN(c5ccc(Cl)cc5)CC4)ncnc3n2C2CCCC2)cc1. The Morgan fingerprint density at radius 3 is 2.23 bits per heavy atom. The van der Waals surface area contributed by atoms with Gasteiger partial charge in [0.15, 0.2) is 17.0 Å². The number of fused-ring (bicyclic) bond motifs is 1. The maximum atomic E-state index is 6.07. The van der Waals surface area contributed by atoms with Crippen LogP contribution in [0.3, 0.4) is 0 Å². The molecular weight excluding hydrogens is 460 g/mol. The van der Waals surface area contributed by atoms with Crippen LogP contribution in [0.5, 0.6) is 5.75 Å². The normalized spacial score (nSPS) is 16.9. The third-order valence-electron chi connectivity index (χ3n) is 7.27. The zero-order valence-corrected chi connectivity index (χ0v) is 20.7. The Balaban J connectivity index is 1.35. The smallest absolute Gasteiger partial charge is 0.166 e. The molecule has 2 fully saturated rings. The molecule has 1 saturated carbocycles. The summed E-state index contributed by atoms with van der Waals surface area (Å²) in [6.45, 7) is 3.59. The minimum atomic E-state index is 0.418. The number of methoxy groups -OCH3 is 1. The number of aromatic nitrogens is 4. The summed E-state index contributed by atoms with van der Waals surface area (Å²) in [7, 11) is 1.69. The summed E-state index contributed by atoms with van der Waals surface area (Å²) in [6, 6.07) is 16.7. The van der Waals surface area contributed by atoms with E-state index in [9.17, 15) is 0 Å². The van der Waals surface area contributed by atoms with Crippen molar-refractivity contribution in [3.8, 4) is 17.1 Å². The van der Waals surface area contributed by atoms with Gasteiger partial charge in [-0.3, -0.25) is 0 Å². The maximum Gasteiger partial charge on any atom is 0.166 e. The highest BCUT2D eigenvalue weighted by Crippen LogP contribution is 2.38. The number of ether oxygens (including phenoxy) is 1. The van der Waals surface area contributed by atoms with Crippen LogP contribution in [0.4, 0.5) is 11.5 Å². The summed E-state index contributed by atoms with van der Waals surface area (Å²) >= 11 is 6.07. The lowest BCUT2D eigenvalue weighted by molar-refractivity contribution is 0.415. The molecule has 2 aromatic heterocycles. The molecule has 0 bridgehead atoms. The van der Waals surface area contributed by atoms with E-state index < -0.39 is 0 Å². The Hall–Kier alpha value is -3.32. The van der Waals surface area contributed by atoms with Crippen molar-refractivity contribution in [1.29, 1.82) is 0 Å². The third kappa shape index (κ3) is 4.18. The number of halogens is 1. The topological polar surface area (TPSA) is 59.3 Å². The molecule has 7 nitrogen and oxygen atoms in total. The molecule has 0 N–H and O–H groups in total. The summed E-state index contributed by atoms with van der Waals surface area (Å²) < 4.78 is 7.73. The van der Waals surface area contributed by atoms with Crippen molar-refractivity contribution in [3.05, 3.63) is 59.9 Å². The molecule has 1 saturated heterocycles. The van der Waals surface area contributed by atoms with Crippen molar-refractivity contribution in [1.82, 2.24) is 19.5 Å². The van der Waals surface area contributed by atoms with E-state index in [1.165, 1.54) is 18.5 Å². The highest BCUT2D eigenvalue weighted by Gasteiger charge is 2.28. The van der Waals surface area contributed by atoms with Gasteiger partial charge in [-0.05, 0) is 61.4 Å². The molecular formula is C27H29ClN6O. The van der Waals surface area contributed by atoms with Crippen molar-refractivity contribution >= 4 is 34.3 Å². The van der Waals surface area contributed by atoms with E-state index in [1.807, 2.05) is 24.3 Å². The number of anilines is 2. The molecule has 2 aromatic carbocycles. The van der Waals surface area contributed by atoms with Gasteiger partial charge in [-0.1, -0.05) is 24.4 Å². The fourth-order valence-corrected chi connectivity index (χ4v) is 5.53. The number of hydrogen-bond donors (Lipinski definition) is 0. The third-order valence-corrected chi connectivity index (χ3v) is 7.52. The molecule has 0 amide bonds. The lowest BCUT2D eigenvalue weighted by Gasteiger charge is -2.36. The molecule has 1 aliphatic carbocycles. The van der Waals surface area contributed by atoms with Crippen LogP contribution in [-0.4, -0.2) is 52.8 Å². The van der Waals surface area contributed by atoms with Crippen LogP contribution in [0, 0.1) is 0 Å². The Labute approximate surface area is 210 Å². The van der Waals surface area contributed by atoms with E-state index in [2.05, 4.69) is 38.6 Å². The molecule has 0 spiro atoms. The molecule has 0 unspecified atom stereocenters. The highest BCUT2D eigenvalue weighted by molar-refractivity contribution is 6.30. The summed E-state index contributed by atoms with van der Waals surface area (Å²) in [5.74, 6) is 2.74. The second-order valence-corrected chi connectivity index (χ2v) is 9.73. The first-order chi connectivity index (χ1) is 17.2. The van der Waals surface area contributed by atoms with Gasteiger partial charge < -0.3 is 19.1 Å². The predicted octanol–water partition coefficient (Wildman–Crippen LogP) is 5.60. The Morgan fingerprint density at radius 2 is 1.54 bits per heavy atom. The van der Waals surface area contributed by atoms with E-state index in [0.717, 1.165) is 78.2 Å². The molecule has 4 aromatic rings. The average Bonchev–Trinajstić information content (AvgIpc) is 3.57. The fourth-order valence-electron chi connectivity index (χ4n) is 5.41. The Kier molecular flexibility index (Phi) is 5.94. The minimum Gasteiger partial charge on any atom is -0.497 e. The van der Waals surface area contributed by atoms with Crippen LogP contribution in [-0.2, 0) is 0 Å². The number of rotatable bonds is 5. The first-order valence-electron chi connectivity index (χ1n) is 12.3. The largest absolute Gasteiger partial charge is 0.497 e. The number of benzene rings is 2. The molecule has 0 atom stereocenters. The number of piperazine rings is 1. The molecule has 180 valence electrons. The molecule has 2 aliphatic rings. The van der Waals surface area contributed by atoms with E-state index in [4.69, 9.17) is 31.3 Å². The molecule has 0 radical (unpaired) electrons. The maximum absolute atomic E-state index is 6.07. The second-order valence-electron chi connectivity index (χ2n) is 9.29. The summed E-state index contributed by atoms with van der Waals surface area (Å²) in [4.78, 5) is 19.4. The van der Waals surface area contributed by atoms with Crippen LogP contribution in [0.25, 0.3) is 22.6 Å². The first kappa shape index (κ1) is 22.2. The van der Waals surface area contributed by atoms with Crippen LogP contribution in [0.2, 0.25) is 5.02 Å². The van der Waals surface area contributed by atoms with Gasteiger partial charge in [0.1, 0.15) is 17.9 Å². The van der Waals surface area contributed by atoms with Crippen LogP contribution in [0.1, 0.15) is 31.7 Å². The molecule has 6 rings (SSSR count). The fraction of sp³-hybridized carbons (Fsp3) is 0.370. The van der Waals surface area contributed by atoms with Crippen LogP contribution < -0.4 is 14.5 Å². The van der Waals surface area contributed by atoms with Gasteiger partial charge >= 0.3 is 0 Å². The Morgan fingerprint density at radius 1 is 0.857 bits per heavy atom. The lowest BCUT2D eigenvalue weighted by atomic mass is 10.1. The van der Waals surface area contributed by atoms with Gasteiger partial charge in [-0.15, -0.1) is 0 Å². The number of nitrogens with zero attached hydrogens (tertiary/aromatic N) is 6. The zero-order valence-electron chi connectivity index (χ0n) is 19.9. The van der Waals surface area contributed by atoms with Crippen molar-refractivity contribution in [2.45, 2.75) is 31.7 Å². The first-order valence-corrected chi connectivity index (χ1v) is 12.7. The van der Waals surface area contributed by atoms with Gasteiger partial charge in [-0.2, -0.15) is 0 Å². The van der Waals surface area contributed by atoms with E-state index in [1.54, 1.807) is 13.4 Å². The number of hydrogen-bond acceptors (Lipinski definition) is 6. The molecule has 3 heterocycles. The minimum absolute atomic E-state index is 0.418. The summed E-state index contributed by atoms with van der Waals surface area (Å²) in [5, 5.41) is 0.765. The predicted molar refractivity (Wildman–Crippen MR) is 141 cm³/mol. The Bertz CT molecular complexity index is 1310. The number of imidazole rings is 1. The second kappa shape index (κ2) is 9.38. The van der Waals surface area contributed by atoms with Gasteiger partial charge in [0, 0.05) is 48.5 Å². The van der Waals surface area contributed by atoms with Gasteiger partial charge in [-0.25, -0.2) is 15.0 Å². The standard InChI is InChI=1S/C27H29ClN6O/c1-35-23-12-6-19(7-13-23)25-31-24-26(29-18-30-27(24)34(25)22-4-2-3-5-22)33-16-14-32(15-17-33)21-10-8-20(28)9-11-21/h6-13,18,22H,2-5,14-17H2,1H3. The van der Waals surface area contributed by atoms with Gasteiger partial charge in [0.05, 0.1) is 7.11 Å². The van der Waals surface area contributed by atoms with Crippen molar-refractivity contribution in [2.24, 2.45) is 0 Å². The quantitative estimate of drug-likeness (QED) is 0.364. The average molecular weight is 489 g/mol. The summed E-state index contributed by atoms with van der Waals surface area (Å²) in [5.41, 5.74) is 4.11. The molecule has 35 heavy (non-hydrogen) atoms. The van der Waals surface area contributed by atoms with Gasteiger partial charge in [0.25, 0.3) is 0 Å².